The average Bonchev–Trinajstić information content (AvgIpc) is 2.37. The molecule has 18 heavy (non-hydrogen) atoms. The minimum atomic E-state index is -0.109. The number of hydrogen-bond donors (Lipinski definition) is 1. The monoisotopic (exact) mass is 272 g/mol. The second kappa shape index (κ2) is 6.62. The highest BCUT2D eigenvalue weighted by molar-refractivity contribution is 7.99. The van der Waals surface area contributed by atoms with Crippen molar-refractivity contribution in [2.45, 2.75) is 64.1 Å². The zero-order valence-corrected chi connectivity index (χ0v) is 12.7. The summed E-state index contributed by atoms with van der Waals surface area (Å²) in [6.45, 7) is 5.32. The second-order valence-corrected chi connectivity index (χ2v) is 7.66. The molecule has 1 spiro atoms. The molecule has 2 aliphatic rings. The van der Waals surface area contributed by atoms with Gasteiger partial charge >= 0.3 is 0 Å². The third-order valence-corrected chi connectivity index (χ3v) is 5.50. The SMILES string of the molecule is CC(C)CCC(O)C1CCOC2(CCSCC2)C1. The fourth-order valence-corrected chi connectivity index (χ4v) is 4.46. The Kier molecular flexibility index (Phi) is 5.40. The number of hydrogen-bond acceptors (Lipinski definition) is 3. The smallest absolute Gasteiger partial charge is 0.0701 e. The Morgan fingerprint density at radius 1 is 1.28 bits per heavy atom. The van der Waals surface area contributed by atoms with Crippen LogP contribution in [0.15, 0.2) is 0 Å². The normalized spacial score (nSPS) is 29.7. The maximum Gasteiger partial charge on any atom is 0.0701 e. The maximum atomic E-state index is 10.4. The predicted octanol–water partition coefficient (Wildman–Crippen LogP) is 3.48. The third kappa shape index (κ3) is 3.88. The van der Waals surface area contributed by atoms with E-state index in [1.807, 2.05) is 11.8 Å². The molecule has 0 bridgehead atoms. The lowest BCUT2D eigenvalue weighted by atomic mass is 9.78. The van der Waals surface area contributed by atoms with E-state index in [0.29, 0.717) is 11.8 Å². The molecule has 0 radical (unpaired) electrons. The highest BCUT2D eigenvalue weighted by Gasteiger charge is 2.40. The molecule has 3 heteroatoms. The Hall–Kier alpha value is 0.270. The molecule has 106 valence electrons. The molecule has 0 aromatic carbocycles. The van der Waals surface area contributed by atoms with Crippen LogP contribution in [0, 0.1) is 11.8 Å². The summed E-state index contributed by atoms with van der Waals surface area (Å²) in [5.74, 6) is 3.63. The van der Waals surface area contributed by atoms with Crippen LogP contribution in [-0.2, 0) is 4.74 Å². The van der Waals surface area contributed by atoms with Gasteiger partial charge in [0.15, 0.2) is 0 Å². The van der Waals surface area contributed by atoms with E-state index in [1.54, 1.807) is 0 Å². The van der Waals surface area contributed by atoms with Crippen molar-refractivity contribution in [1.82, 2.24) is 0 Å². The summed E-state index contributed by atoms with van der Waals surface area (Å²) in [5.41, 5.74) is 0.118. The van der Waals surface area contributed by atoms with Crippen molar-refractivity contribution in [3.63, 3.8) is 0 Å². The molecule has 0 aromatic rings. The van der Waals surface area contributed by atoms with E-state index in [9.17, 15) is 5.11 Å². The molecule has 2 atom stereocenters. The van der Waals surface area contributed by atoms with E-state index in [1.165, 1.54) is 24.3 Å². The maximum absolute atomic E-state index is 10.4. The van der Waals surface area contributed by atoms with Gasteiger partial charge in [-0.25, -0.2) is 0 Å². The Bertz CT molecular complexity index is 243. The van der Waals surface area contributed by atoms with Gasteiger partial charge in [-0.3, -0.25) is 0 Å². The Balaban J connectivity index is 1.85. The van der Waals surface area contributed by atoms with E-state index in [-0.39, 0.29) is 11.7 Å². The van der Waals surface area contributed by atoms with Gasteiger partial charge in [-0.2, -0.15) is 11.8 Å². The van der Waals surface area contributed by atoms with Crippen LogP contribution < -0.4 is 0 Å². The first kappa shape index (κ1) is 14.7. The molecule has 0 aliphatic carbocycles. The zero-order valence-electron chi connectivity index (χ0n) is 11.9. The molecule has 0 aromatic heterocycles. The standard InChI is InChI=1S/C15H28O2S/c1-12(2)3-4-14(16)13-5-8-17-15(11-13)6-9-18-10-7-15/h12-14,16H,3-11H2,1-2H3. The molecule has 2 nitrogen and oxygen atoms in total. The Morgan fingerprint density at radius 3 is 2.67 bits per heavy atom. The topological polar surface area (TPSA) is 29.5 Å². The van der Waals surface area contributed by atoms with Crippen LogP contribution in [0.5, 0.6) is 0 Å². The molecular weight excluding hydrogens is 244 g/mol. The van der Waals surface area contributed by atoms with Gasteiger partial charge in [-0.1, -0.05) is 13.8 Å². The number of ether oxygens (including phenoxy) is 1. The lowest BCUT2D eigenvalue weighted by Crippen LogP contribution is -2.45. The van der Waals surface area contributed by atoms with E-state index >= 15 is 0 Å². The predicted molar refractivity (Wildman–Crippen MR) is 78.0 cm³/mol. The van der Waals surface area contributed by atoms with Crippen LogP contribution in [0.4, 0.5) is 0 Å². The van der Waals surface area contributed by atoms with Gasteiger partial charge in [0.05, 0.1) is 11.7 Å². The summed E-state index contributed by atoms with van der Waals surface area (Å²) in [5, 5.41) is 10.4. The van der Waals surface area contributed by atoms with Gasteiger partial charge in [-0.05, 0) is 61.9 Å². The molecular formula is C15H28O2S. The lowest BCUT2D eigenvalue weighted by Gasteiger charge is -2.44. The number of aliphatic hydroxyl groups is 1. The van der Waals surface area contributed by atoms with Gasteiger partial charge in [0.25, 0.3) is 0 Å². The van der Waals surface area contributed by atoms with Crippen molar-refractivity contribution in [3.8, 4) is 0 Å². The molecule has 2 aliphatic heterocycles. The molecule has 0 saturated carbocycles. The van der Waals surface area contributed by atoms with E-state index in [0.717, 1.165) is 32.3 Å². The van der Waals surface area contributed by atoms with E-state index < -0.39 is 0 Å². The second-order valence-electron chi connectivity index (χ2n) is 6.44. The number of rotatable bonds is 4. The minimum Gasteiger partial charge on any atom is -0.393 e. The Morgan fingerprint density at radius 2 is 2.00 bits per heavy atom. The zero-order chi connectivity index (χ0) is 13.0. The van der Waals surface area contributed by atoms with E-state index in [2.05, 4.69) is 13.8 Å². The van der Waals surface area contributed by atoms with Gasteiger partial charge < -0.3 is 9.84 Å². The molecule has 2 fully saturated rings. The van der Waals surface area contributed by atoms with Crippen molar-refractivity contribution >= 4 is 11.8 Å². The van der Waals surface area contributed by atoms with Crippen molar-refractivity contribution in [3.05, 3.63) is 0 Å². The van der Waals surface area contributed by atoms with Gasteiger partial charge in [0.2, 0.25) is 0 Å². The quantitative estimate of drug-likeness (QED) is 0.849. The molecule has 2 heterocycles. The van der Waals surface area contributed by atoms with Crippen molar-refractivity contribution < 1.29 is 9.84 Å². The third-order valence-electron chi connectivity index (χ3n) is 4.52. The summed E-state index contributed by atoms with van der Waals surface area (Å²) in [4.78, 5) is 0. The summed E-state index contributed by atoms with van der Waals surface area (Å²) < 4.78 is 6.09. The average molecular weight is 272 g/mol. The number of thioether (sulfide) groups is 1. The van der Waals surface area contributed by atoms with Crippen molar-refractivity contribution in [2.75, 3.05) is 18.1 Å². The molecule has 2 saturated heterocycles. The molecule has 2 rings (SSSR count). The van der Waals surface area contributed by atoms with Crippen LogP contribution in [-0.4, -0.2) is 34.9 Å². The highest BCUT2D eigenvalue weighted by atomic mass is 32.2. The summed E-state index contributed by atoms with van der Waals surface area (Å²) >= 11 is 2.04. The van der Waals surface area contributed by atoms with Crippen LogP contribution >= 0.6 is 11.8 Å². The first-order valence-corrected chi connectivity index (χ1v) is 8.66. The first-order valence-electron chi connectivity index (χ1n) is 7.51. The lowest BCUT2D eigenvalue weighted by molar-refractivity contribution is -0.121. The van der Waals surface area contributed by atoms with Gasteiger partial charge in [0, 0.05) is 6.61 Å². The van der Waals surface area contributed by atoms with Crippen molar-refractivity contribution in [1.29, 1.82) is 0 Å². The summed E-state index contributed by atoms with van der Waals surface area (Å²) in [6, 6.07) is 0. The van der Waals surface area contributed by atoms with Crippen LogP contribution in [0.1, 0.15) is 52.4 Å². The van der Waals surface area contributed by atoms with Gasteiger partial charge in [-0.15, -0.1) is 0 Å². The fourth-order valence-electron chi connectivity index (χ4n) is 3.23. The minimum absolute atomic E-state index is 0.109. The fraction of sp³-hybridized carbons (Fsp3) is 1.00. The Labute approximate surface area is 116 Å². The summed E-state index contributed by atoms with van der Waals surface area (Å²) in [6.07, 6.45) is 6.51. The van der Waals surface area contributed by atoms with Crippen LogP contribution in [0.3, 0.4) is 0 Å². The van der Waals surface area contributed by atoms with Crippen LogP contribution in [0.25, 0.3) is 0 Å². The molecule has 0 amide bonds. The summed E-state index contributed by atoms with van der Waals surface area (Å²) in [7, 11) is 0. The van der Waals surface area contributed by atoms with Gasteiger partial charge in [0.1, 0.15) is 0 Å². The number of aliphatic hydroxyl groups excluding tert-OH is 1. The van der Waals surface area contributed by atoms with Crippen molar-refractivity contribution in [2.24, 2.45) is 11.8 Å². The molecule has 2 unspecified atom stereocenters. The molecule has 1 N–H and O–H groups in total. The van der Waals surface area contributed by atoms with Crippen LogP contribution in [0.2, 0.25) is 0 Å². The largest absolute Gasteiger partial charge is 0.393 e. The first-order chi connectivity index (χ1) is 8.61. The van der Waals surface area contributed by atoms with E-state index in [4.69, 9.17) is 4.74 Å². The highest BCUT2D eigenvalue weighted by Crippen LogP contribution is 2.41.